The normalized spacial score (nSPS) is 10.8. The lowest BCUT2D eigenvalue weighted by Gasteiger charge is -2.21. The summed E-state index contributed by atoms with van der Waals surface area (Å²) in [6.45, 7) is -1.50. The summed E-state index contributed by atoms with van der Waals surface area (Å²) in [4.78, 5) is 12.6. The third-order valence-electron chi connectivity index (χ3n) is 2.18. The number of aliphatic hydroxyl groups is 1. The largest absolute Gasteiger partial charge is 0.395 e. The number of hydrogen-bond donors (Lipinski definition) is 1. The topological polar surface area (TPSA) is 40.5 Å². The van der Waals surface area contributed by atoms with E-state index < -0.39 is 31.3 Å². The van der Waals surface area contributed by atoms with Crippen LogP contribution in [0.25, 0.3) is 0 Å². The summed E-state index contributed by atoms with van der Waals surface area (Å²) in [5.41, 5.74) is -0.0767. The van der Waals surface area contributed by atoms with Crippen molar-refractivity contribution in [1.29, 1.82) is 0 Å². The lowest BCUT2D eigenvalue weighted by molar-refractivity contribution is 0.0509. The number of carbonyl (C=O) groups is 1. The van der Waals surface area contributed by atoms with Crippen LogP contribution >= 0.6 is 11.6 Å². The van der Waals surface area contributed by atoms with E-state index in [4.69, 9.17) is 16.7 Å². The van der Waals surface area contributed by atoms with Crippen molar-refractivity contribution in [2.75, 3.05) is 19.7 Å². The van der Waals surface area contributed by atoms with Gasteiger partial charge in [-0.25, -0.2) is 13.2 Å². The third kappa shape index (κ3) is 3.89. The molecule has 3 nitrogen and oxygen atoms in total. The van der Waals surface area contributed by atoms with Gasteiger partial charge in [0.1, 0.15) is 5.82 Å². The molecule has 0 radical (unpaired) electrons. The number of amides is 1. The summed E-state index contributed by atoms with van der Waals surface area (Å²) >= 11 is 5.67. The number of rotatable bonds is 5. The minimum absolute atomic E-state index is 0.0767. The fraction of sp³-hybridized carbons (Fsp3) is 0.364. The van der Waals surface area contributed by atoms with Crippen LogP contribution in [0.3, 0.4) is 0 Å². The summed E-state index contributed by atoms with van der Waals surface area (Å²) in [6, 6.07) is 3.06. The highest BCUT2D eigenvalue weighted by molar-refractivity contribution is 6.33. The van der Waals surface area contributed by atoms with E-state index in [1.165, 1.54) is 0 Å². The van der Waals surface area contributed by atoms with Gasteiger partial charge < -0.3 is 10.0 Å². The molecule has 0 aromatic heterocycles. The fourth-order valence-electron chi connectivity index (χ4n) is 1.40. The van der Waals surface area contributed by atoms with Crippen LogP contribution in [0.1, 0.15) is 10.4 Å². The van der Waals surface area contributed by atoms with E-state index in [1.807, 2.05) is 0 Å². The van der Waals surface area contributed by atoms with E-state index >= 15 is 0 Å². The molecule has 0 fully saturated rings. The molecule has 0 aliphatic rings. The average molecular weight is 282 g/mol. The first-order valence-electron chi connectivity index (χ1n) is 5.09. The summed E-state index contributed by atoms with van der Waals surface area (Å²) in [5.74, 6) is -1.39. The standard InChI is InChI=1S/C11H11ClF3NO2/c12-9-5-7(13)1-2-8(9)11(18)16(3-4-17)6-10(14)15/h1-2,5,10,17H,3-4,6H2. The molecule has 0 unspecified atom stereocenters. The van der Waals surface area contributed by atoms with Gasteiger partial charge in [0.05, 0.1) is 23.7 Å². The molecule has 0 saturated heterocycles. The second kappa shape index (κ2) is 6.61. The van der Waals surface area contributed by atoms with E-state index in [0.717, 1.165) is 23.1 Å². The SMILES string of the molecule is O=C(c1ccc(F)cc1Cl)N(CCO)CC(F)F. The van der Waals surface area contributed by atoms with Gasteiger partial charge in [0, 0.05) is 6.54 Å². The Balaban J connectivity index is 2.94. The highest BCUT2D eigenvalue weighted by atomic mass is 35.5. The Labute approximate surface area is 107 Å². The number of carbonyl (C=O) groups excluding carboxylic acids is 1. The fourth-order valence-corrected chi connectivity index (χ4v) is 1.64. The van der Waals surface area contributed by atoms with Crippen LogP contribution in [0.2, 0.25) is 5.02 Å². The molecule has 1 aromatic carbocycles. The van der Waals surface area contributed by atoms with E-state index in [9.17, 15) is 18.0 Å². The monoisotopic (exact) mass is 281 g/mol. The Kier molecular flexibility index (Phi) is 5.43. The quantitative estimate of drug-likeness (QED) is 0.899. The number of benzene rings is 1. The van der Waals surface area contributed by atoms with Crippen LogP contribution in [0.4, 0.5) is 13.2 Å². The number of alkyl halides is 2. The minimum Gasteiger partial charge on any atom is -0.395 e. The van der Waals surface area contributed by atoms with Crippen molar-refractivity contribution in [3.63, 3.8) is 0 Å². The van der Waals surface area contributed by atoms with Gasteiger partial charge in [-0.2, -0.15) is 0 Å². The summed E-state index contributed by atoms with van der Waals surface area (Å²) in [5, 5.41) is 8.57. The van der Waals surface area contributed by atoms with Crippen molar-refractivity contribution in [1.82, 2.24) is 4.90 Å². The Morgan fingerprint density at radius 3 is 2.61 bits per heavy atom. The van der Waals surface area contributed by atoms with Crippen molar-refractivity contribution in [3.05, 3.63) is 34.6 Å². The Bertz CT molecular complexity index is 429. The molecular formula is C11H11ClF3NO2. The molecule has 0 atom stereocenters. The highest BCUT2D eigenvalue weighted by Crippen LogP contribution is 2.19. The number of nitrogens with zero attached hydrogens (tertiary/aromatic N) is 1. The van der Waals surface area contributed by atoms with E-state index in [1.54, 1.807) is 0 Å². The van der Waals surface area contributed by atoms with E-state index in [2.05, 4.69) is 0 Å². The van der Waals surface area contributed by atoms with Crippen LogP contribution in [0, 0.1) is 5.82 Å². The van der Waals surface area contributed by atoms with Crippen LogP contribution in [-0.4, -0.2) is 42.0 Å². The van der Waals surface area contributed by atoms with Gasteiger partial charge in [-0.15, -0.1) is 0 Å². The molecule has 1 N–H and O–H groups in total. The molecule has 100 valence electrons. The second-order valence-electron chi connectivity index (χ2n) is 3.49. The first-order valence-corrected chi connectivity index (χ1v) is 5.47. The molecule has 1 aromatic rings. The zero-order chi connectivity index (χ0) is 13.7. The van der Waals surface area contributed by atoms with Gasteiger partial charge in [-0.05, 0) is 18.2 Å². The number of hydrogen-bond acceptors (Lipinski definition) is 2. The predicted octanol–water partition coefficient (Wildman–Crippen LogP) is 2.18. The maximum absolute atomic E-state index is 12.8. The van der Waals surface area contributed by atoms with Crippen LogP contribution in [0.15, 0.2) is 18.2 Å². The van der Waals surface area contributed by atoms with Crippen LogP contribution in [0.5, 0.6) is 0 Å². The molecule has 18 heavy (non-hydrogen) atoms. The average Bonchev–Trinajstić information content (AvgIpc) is 2.27. The highest BCUT2D eigenvalue weighted by Gasteiger charge is 2.21. The van der Waals surface area contributed by atoms with Crippen molar-refractivity contribution >= 4 is 17.5 Å². The van der Waals surface area contributed by atoms with Crippen molar-refractivity contribution < 1.29 is 23.1 Å². The molecule has 1 rings (SSSR count). The minimum atomic E-state index is -2.72. The van der Waals surface area contributed by atoms with Gasteiger partial charge in [0.15, 0.2) is 0 Å². The smallest absolute Gasteiger partial charge is 0.255 e. The van der Waals surface area contributed by atoms with E-state index in [-0.39, 0.29) is 17.1 Å². The predicted molar refractivity (Wildman–Crippen MR) is 60.4 cm³/mol. The first-order chi connectivity index (χ1) is 8.45. The molecule has 0 spiro atoms. The van der Waals surface area contributed by atoms with Crippen molar-refractivity contribution in [2.45, 2.75) is 6.43 Å². The Morgan fingerprint density at radius 2 is 2.11 bits per heavy atom. The second-order valence-corrected chi connectivity index (χ2v) is 3.90. The van der Waals surface area contributed by atoms with Crippen molar-refractivity contribution in [3.8, 4) is 0 Å². The first kappa shape index (κ1) is 14.8. The molecule has 0 aliphatic carbocycles. The van der Waals surface area contributed by atoms with Gasteiger partial charge in [-0.1, -0.05) is 11.6 Å². The van der Waals surface area contributed by atoms with Gasteiger partial charge in [0.2, 0.25) is 0 Å². The van der Waals surface area contributed by atoms with Gasteiger partial charge in [-0.3, -0.25) is 4.79 Å². The number of halogens is 4. The molecule has 1 amide bonds. The lowest BCUT2D eigenvalue weighted by atomic mass is 10.2. The summed E-state index contributed by atoms with van der Waals surface area (Å²) < 4.78 is 37.4. The maximum atomic E-state index is 12.8. The molecule has 0 bridgehead atoms. The Morgan fingerprint density at radius 1 is 1.44 bits per heavy atom. The van der Waals surface area contributed by atoms with E-state index in [0.29, 0.717) is 0 Å². The lowest BCUT2D eigenvalue weighted by Crippen LogP contribution is -2.37. The zero-order valence-electron chi connectivity index (χ0n) is 9.25. The van der Waals surface area contributed by atoms with Gasteiger partial charge in [0.25, 0.3) is 12.3 Å². The van der Waals surface area contributed by atoms with Gasteiger partial charge >= 0.3 is 0 Å². The van der Waals surface area contributed by atoms with Crippen LogP contribution < -0.4 is 0 Å². The zero-order valence-corrected chi connectivity index (χ0v) is 10.0. The molecule has 0 heterocycles. The molecule has 7 heteroatoms. The van der Waals surface area contributed by atoms with Crippen LogP contribution in [-0.2, 0) is 0 Å². The summed E-state index contributed by atoms with van der Waals surface area (Å²) in [6.07, 6.45) is -2.72. The third-order valence-corrected chi connectivity index (χ3v) is 2.49. The maximum Gasteiger partial charge on any atom is 0.255 e. The Hall–Kier alpha value is -1.27. The van der Waals surface area contributed by atoms with Crippen molar-refractivity contribution in [2.24, 2.45) is 0 Å². The molecular weight excluding hydrogens is 271 g/mol. The molecule has 0 saturated carbocycles. The summed E-state index contributed by atoms with van der Waals surface area (Å²) in [7, 11) is 0. The number of aliphatic hydroxyl groups excluding tert-OH is 1. The molecule has 0 aliphatic heterocycles.